The molecule has 0 fully saturated rings. The summed E-state index contributed by atoms with van der Waals surface area (Å²) in [7, 11) is 0. The third-order valence-electron chi connectivity index (χ3n) is 1.61. The van der Waals surface area contributed by atoms with Crippen LogP contribution in [0.1, 0.15) is 5.56 Å². The molecule has 0 unspecified atom stereocenters. The van der Waals surface area contributed by atoms with Gasteiger partial charge in [-0.25, -0.2) is 0 Å². The summed E-state index contributed by atoms with van der Waals surface area (Å²) in [5.41, 5.74) is 0.0657. The lowest BCUT2D eigenvalue weighted by Gasteiger charge is -2.11. The number of rotatable bonds is 3. The molecule has 0 heterocycles. The van der Waals surface area contributed by atoms with E-state index in [1.807, 2.05) is 0 Å². The number of carboxylic acid groups (broad SMARTS) is 1. The number of benzene rings is 1. The van der Waals surface area contributed by atoms with Crippen LogP contribution in [-0.2, 0) is 11.2 Å². The number of aliphatic carboxylic acids is 1. The van der Waals surface area contributed by atoms with Crippen LogP contribution in [0.15, 0.2) is 18.2 Å². The van der Waals surface area contributed by atoms with Crippen molar-refractivity contribution in [2.75, 3.05) is 0 Å². The first kappa shape index (κ1) is 12.6. The molecule has 3 nitrogen and oxygen atoms in total. The Hall–Kier alpha value is -1.43. The van der Waals surface area contributed by atoms with E-state index in [0.717, 1.165) is 6.07 Å². The Morgan fingerprint density at radius 2 is 2.06 bits per heavy atom. The minimum Gasteiger partial charge on any atom is -0.481 e. The maximum absolute atomic E-state index is 11.9. The molecule has 0 spiro atoms. The van der Waals surface area contributed by atoms with Crippen LogP contribution in [0.5, 0.6) is 5.75 Å². The van der Waals surface area contributed by atoms with Gasteiger partial charge >= 0.3 is 12.3 Å². The van der Waals surface area contributed by atoms with E-state index in [1.54, 1.807) is 0 Å². The van der Waals surface area contributed by atoms with E-state index < -0.39 is 24.5 Å². The van der Waals surface area contributed by atoms with E-state index in [4.69, 9.17) is 16.7 Å². The van der Waals surface area contributed by atoms with Gasteiger partial charge in [0.1, 0.15) is 5.75 Å². The van der Waals surface area contributed by atoms with Gasteiger partial charge in [0.15, 0.2) is 0 Å². The van der Waals surface area contributed by atoms with Crippen molar-refractivity contribution in [3.63, 3.8) is 0 Å². The molecule has 0 atom stereocenters. The van der Waals surface area contributed by atoms with E-state index in [0.29, 0.717) is 0 Å². The average Bonchev–Trinajstić information content (AvgIpc) is 2.09. The molecular formula is C9H6ClF3O3. The lowest BCUT2D eigenvalue weighted by molar-refractivity contribution is -0.274. The normalized spacial score (nSPS) is 11.2. The van der Waals surface area contributed by atoms with Gasteiger partial charge in [-0.1, -0.05) is 23.7 Å². The molecule has 0 aliphatic heterocycles. The van der Waals surface area contributed by atoms with Crippen molar-refractivity contribution in [2.24, 2.45) is 0 Å². The van der Waals surface area contributed by atoms with E-state index >= 15 is 0 Å². The summed E-state index contributed by atoms with van der Waals surface area (Å²) < 4.78 is 39.4. The van der Waals surface area contributed by atoms with Gasteiger partial charge in [-0.3, -0.25) is 4.79 Å². The van der Waals surface area contributed by atoms with Crippen LogP contribution >= 0.6 is 11.6 Å². The molecule has 1 aromatic rings. The molecule has 0 aliphatic carbocycles. The molecule has 1 rings (SSSR count). The zero-order chi connectivity index (χ0) is 12.3. The van der Waals surface area contributed by atoms with E-state index in [2.05, 4.69) is 4.74 Å². The Morgan fingerprint density at radius 3 is 2.56 bits per heavy atom. The van der Waals surface area contributed by atoms with Crippen LogP contribution in [0.25, 0.3) is 0 Å². The van der Waals surface area contributed by atoms with Crippen molar-refractivity contribution >= 4 is 17.6 Å². The molecule has 0 radical (unpaired) electrons. The number of ether oxygens (including phenoxy) is 1. The Balaban J connectivity index is 2.99. The van der Waals surface area contributed by atoms with E-state index in [1.165, 1.54) is 12.1 Å². The third kappa shape index (κ3) is 3.62. The van der Waals surface area contributed by atoms with Gasteiger partial charge in [0.2, 0.25) is 0 Å². The Morgan fingerprint density at radius 1 is 1.44 bits per heavy atom. The van der Waals surface area contributed by atoms with Crippen LogP contribution in [0.2, 0.25) is 5.02 Å². The molecule has 0 saturated carbocycles. The van der Waals surface area contributed by atoms with Crippen molar-refractivity contribution in [3.8, 4) is 5.75 Å². The van der Waals surface area contributed by atoms with Crippen molar-refractivity contribution in [1.82, 2.24) is 0 Å². The first-order chi connectivity index (χ1) is 7.29. The zero-order valence-corrected chi connectivity index (χ0v) is 8.47. The van der Waals surface area contributed by atoms with Gasteiger partial charge in [-0.05, 0) is 11.6 Å². The van der Waals surface area contributed by atoms with Crippen molar-refractivity contribution in [2.45, 2.75) is 12.8 Å². The molecule has 16 heavy (non-hydrogen) atoms. The van der Waals surface area contributed by atoms with Crippen molar-refractivity contribution < 1.29 is 27.8 Å². The predicted octanol–water partition coefficient (Wildman–Crippen LogP) is 2.87. The largest absolute Gasteiger partial charge is 0.573 e. The fourth-order valence-corrected chi connectivity index (χ4v) is 1.29. The summed E-state index contributed by atoms with van der Waals surface area (Å²) in [5, 5.41) is 8.15. The molecule has 1 aromatic carbocycles. The second-order valence-corrected chi connectivity index (χ2v) is 3.23. The molecule has 1 N–H and O–H groups in total. The summed E-state index contributed by atoms with van der Waals surface area (Å²) in [4.78, 5) is 10.4. The third-order valence-corrected chi connectivity index (χ3v) is 2.04. The topological polar surface area (TPSA) is 46.5 Å². The molecule has 88 valence electrons. The number of hydrogen-bond donors (Lipinski definition) is 1. The van der Waals surface area contributed by atoms with Gasteiger partial charge in [0.05, 0.1) is 11.4 Å². The lowest BCUT2D eigenvalue weighted by atomic mass is 10.1. The summed E-state index contributed by atoms with van der Waals surface area (Å²) >= 11 is 5.57. The van der Waals surface area contributed by atoms with E-state index in [-0.39, 0.29) is 10.6 Å². The highest BCUT2D eigenvalue weighted by atomic mass is 35.5. The van der Waals surface area contributed by atoms with Gasteiger partial charge in [-0.15, -0.1) is 13.2 Å². The van der Waals surface area contributed by atoms with Crippen molar-refractivity contribution in [1.29, 1.82) is 0 Å². The first-order valence-corrected chi connectivity index (χ1v) is 4.42. The van der Waals surface area contributed by atoms with Crippen molar-refractivity contribution in [3.05, 3.63) is 28.8 Å². The predicted molar refractivity (Wildman–Crippen MR) is 49.5 cm³/mol. The molecule has 0 aromatic heterocycles. The van der Waals surface area contributed by atoms with Crippen LogP contribution in [-0.4, -0.2) is 17.4 Å². The number of carboxylic acids is 1. The average molecular weight is 255 g/mol. The monoisotopic (exact) mass is 254 g/mol. The summed E-state index contributed by atoms with van der Waals surface area (Å²) in [5.74, 6) is -1.79. The smallest absolute Gasteiger partial charge is 0.481 e. The standard InChI is InChI=1S/C9H6ClF3O3/c10-8-5(4-7(14)15)2-1-3-6(8)16-9(11,12)13/h1-3H,4H2,(H,14,15). The van der Waals surface area contributed by atoms with Crippen LogP contribution in [0, 0.1) is 0 Å². The van der Waals surface area contributed by atoms with Crippen LogP contribution in [0.4, 0.5) is 13.2 Å². The van der Waals surface area contributed by atoms with E-state index in [9.17, 15) is 18.0 Å². The highest BCUT2D eigenvalue weighted by Crippen LogP contribution is 2.32. The molecule has 0 saturated heterocycles. The summed E-state index contributed by atoms with van der Waals surface area (Å²) in [6, 6.07) is 3.58. The summed E-state index contributed by atoms with van der Waals surface area (Å²) in [6.45, 7) is 0. The maximum Gasteiger partial charge on any atom is 0.573 e. The van der Waals surface area contributed by atoms with Gasteiger partial charge in [0, 0.05) is 0 Å². The Bertz CT molecular complexity index is 403. The van der Waals surface area contributed by atoms with Gasteiger partial charge in [0.25, 0.3) is 0 Å². The second-order valence-electron chi connectivity index (χ2n) is 2.85. The lowest BCUT2D eigenvalue weighted by Crippen LogP contribution is -2.17. The number of carbonyl (C=O) groups is 1. The molecule has 7 heteroatoms. The molecular weight excluding hydrogens is 249 g/mol. The van der Waals surface area contributed by atoms with Crippen LogP contribution in [0.3, 0.4) is 0 Å². The Kier molecular flexibility index (Phi) is 3.64. The quantitative estimate of drug-likeness (QED) is 0.902. The van der Waals surface area contributed by atoms with Crippen LogP contribution < -0.4 is 4.74 Å². The minimum atomic E-state index is -4.86. The second kappa shape index (κ2) is 4.61. The molecule has 0 aliphatic rings. The summed E-state index contributed by atoms with van der Waals surface area (Å²) in [6.07, 6.45) is -5.32. The highest BCUT2D eigenvalue weighted by Gasteiger charge is 2.32. The minimum absolute atomic E-state index is 0.0657. The maximum atomic E-state index is 11.9. The number of halogens is 4. The fourth-order valence-electron chi connectivity index (χ4n) is 1.06. The number of alkyl halides is 3. The fraction of sp³-hybridized carbons (Fsp3) is 0.222. The number of hydrogen-bond acceptors (Lipinski definition) is 2. The molecule has 0 amide bonds. The van der Waals surface area contributed by atoms with Gasteiger partial charge in [-0.2, -0.15) is 0 Å². The SMILES string of the molecule is O=C(O)Cc1cccc(OC(F)(F)F)c1Cl. The first-order valence-electron chi connectivity index (χ1n) is 4.04. The molecule has 0 bridgehead atoms. The zero-order valence-electron chi connectivity index (χ0n) is 7.71. The highest BCUT2D eigenvalue weighted by molar-refractivity contribution is 6.33. The van der Waals surface area contributed by atoms with Gasteiger partial charge < -0.3 is 9.84 Å². The Labute approximate surface area is 93.4 Å².